The van der Waals surface area contributed by atoms with E-state index in [1.807, 2.05) is 0 Å². The van der Waals surface area contributed by atoms with E-state index in [9.17, 15) is 20.0 Å². The van der Waals surface area contributed by atoms with Crippen LogP contribution in [0.3, 0.4) is 0 Å². The molecule has 0 aliphatic heterocycles. The first-order chi connectivity index (χ1) is 9.45. The highest BCUT2D eigenvalue weighted by Gasteiger charge is 2.13. The average Bonchev–Trinajstić information content (AvgIpc) is 2.77. The number of amides is 1. The largest absolute Gasteiger partial charge is 0.506 e. The summed E-state index contributed by atoms with van der Waals surface area (Å²) in [4.78, 5) is 25.7. The van der Waals surface area contributed by atoms with Crippen LogP contribution in [0, 0.1) is 10.1 Å². The number of nitrogens with one attached hydrogen (secondary N) is 1. The third kappa shape index (κ3) is 3.20. The fourth-order valence-corrected chi connectivity index (χ4v) is 2.06. The number of phenolic OH excluding ortho intramolecular Hbond substituents is 1. The third-order valence-corrected chi connectivity index (χ3v) is 3.10. The Labute approximate surface area is 117 Å². The van der Waals surface area contributed by atoms with E-state index in [1.165, 1.54) is 11.3 Å². The molecule has 4 N–H and O–H groups in total. The number of nitro groups is 1. The molecule has 1 amide bonds. The molecule has 0 spiro atoms. The number of non-ortho nitro benzene ring substituents is 1. The number of hydrogen-bond acceptors (Lipinski definition) is 7. The molecule has 1 aromatic carbocycles. The zero-order chi connectivity index (χ0) is 14.7. The molecule has 0 saturated heterocycles. The normalized spacial score (nSPS) is 10.2. The van der Waals surface area contributed by atoms with Gasteiger partial charge in [-0.3, -0.25) is 14.9 Å². The maximum Gasteiger partial charge on any atom is 0.271 e. The van der Waals surface area contributed by atoms with E-state index < -0.39 is 10.8 Å². The lowest BCUT2D eigenvalue weighted by Crippen LogP contribution is -2.14. The Morgan fingerprint density at radius 1 is 1.55 bits per heavy atom. The number of carbonyl (C=O) groups excluding carboxylic acids is 1. The Balaban J connectivity index is 2.11. The molecule has 104 valence electrons. The molecule has 9 heteroatoms. The van der Waals surface area contributed by atoms with Crippen LogP contribution in [-0.2, 0) is 11.2 Å². The zero-order valence-corrected chi connectivity index (χ0v) is 10.9. The van der Waals surface area contributed by atoms with Crippen LogP contribution in [0.2, 0.25) is 0 Å². The molecular formula is C11H10N4O4S. The molecule has 0 aliphatic carbocycles. The maximum atomic E-state index is 11.8. The highest BCUT2D eigenvalue weighted by atomic mass is 32.1. The van der Waals surface area contributed by atoms with Crippen molar-refractivity contribution in [1.29, 1.82) is 0 Å². The molecule has 1 heterocycles. The first-order valence-corrected chi connectivity index (χ1v) is 6.31. The topological polar surface area (TPSA) is 131 Å². The van der Waals surface area contributed by atoms with E-state index in [1.54, 1.807) is 5.38 Å². The quantitative estimate of drug-likeness (QED) is 0.445. The number of aromatic nitrogens is 1. The number of hydrogen-bond donors (Lipinski definition) is 3. The Bertz CT molecular complexity index is 670. The van der Waals surface area contributed by atoms with Gasteiger partial charge in [0.15, 0.2) is 5.13 Å². The molecule has 0 unspecified atom stereocenters. The van der Waals surface area contributed by atoms with Gasteiger partial charge in [0.1, 0.15) is 5.75 Å². The molecule has 0 saturated carbocycles. The summed E-state index contributed by atoms with van der Waals surface area (Å²) < 4.78 is 0. The van der Waals surface area contributed by atoms with Crippen molar-refractivity contribution in [3.8, 4) is 5.75 Å². The second-order valence-electron chi connectivity index (χ2n) is 3.86. The smallest absolute Gasteiger partial charge is 0.271 e. The van der Waals surface area contributed by atoms with Crippen LogP contribution in [0.5, 0.6) is 5.75 Å². The van der Waals surface area contributed by atoms with Crippen LogP contribution in [-0.4, -0.2) is 20.9 Å². The van der Waals surface area contributed by atoms with Crippen molar-refractivity contribution < 1.29 is 14.8 Å². The van der Waals surface area contributed by atoms with Crippen LogP contribution in [0.15, 0.2) is 23.6 Å². The van der Waals surface area contributed by atoms with Crippen molar-refractivity contribution >= 4 is 33.8 Å². The third-order valence-electron chi connectivity index (χ3n) is 2.38. The van der Waals surface area contributed by atoms with Gasteiger partial charge in [-0.1, -0.05) is 0 Å². The summed E-state index contributed by atoms with van der Waals surface area (Å²) in [7, 11) is 0. The minimum Gasteiger partial charge on any atom is -0.506 e. The van der Waals surface area contributed by atoms with E-state index in [0.29, 0.717) is 10.8 Å². The van der Waals surface area contributed by atoms with Crippen LogP contribution in [0.25, 0.3) is 0 Å². The van der Waals surface area contributed by atoms with Crippen molar-refractivity contribution in [3.05, 3.63) is 39.4 Å². The molecule has 20 heavy (non-hydrogen) atoms. The lowest BCUT2D eigenvalue weighted by molar-refractivity contribution is -0.384. The predicted molar refractivity (Wildman–Crippen MR) is 73.6 cm³/mol. The van der Waals surface area contributed by atoms with E-state index in [2.05, 4.69) is 10.3 Å². The number of aromatic hydroxyl groups is 1. The molecule has 0 atom stereocenters. The SMILES string of the molecule is Nc1nc(CC(=O)Nc2cc([N+](=O)[O-])ccc2O)cs1. The van der Waals surface area contributed by atoms with Gasteiger partial charge in [-0.2, -0.15) is 0 Å². The monoisotopic (exact) mass is 294 g/mol. The Morgan fingerprint density at radius 2 is 2.30 bits per heavy atom. The summed E-state index contributed by atoms with van der Waals surface area (Å²) in [6.45, 7) is 0. The number of benzene rings is 1. The fourth-order valence-electron chi connectivity index (χ4n) is 1.50. The van der Waals surface area contributed by atoms with Gasteiger partial charge in [-0.05, 0) is 6.07 Å². The van der Waals surface area contributed by atoms with Gasteiger partial charge < -0.3 is 16.2 Å². The number of rotatable bonds is 4. The molecule has 8 nitrogen and oxygen atoms in total. The molecule has 0 aliphatic rings. The first kappa shape index (κ1) is 13.7. The number of carbonyl (C=O) groups is 1. The maximum absolute atomic E-state index is 11.8. The van der Waals surface area contributed by atoms with Crippen LogP contribution in [0.4, 0.5) is 16.5 Å². The van der Waals surface area contributed by atoms with E-state index in [4.69, 9.17) is 5.73 Å². The number of nitrogens with zero attached hydrogens (tertiary/aromatic N) is 2. The molecule has 2 rings (SSSR count). The average molecular weight is 294 g/mol. The summed E-state index contributed by atoms with van der Waals surface area (Å²) >= 11 is 1.21. The zero-order valence-electron chi connectivity index (χ0n) is 10.1. The van der Waals surface area contributed by atoms with Crippen molar-refractivity contribution in [1.82, 2.24) is 4.98 Å². The number of thiazole rings is 1. The molecule has 0 radical (unpaired) electrons. The molecule has 1 aromatic heterocycles. The van der Waals surface area contributed by atoms with E-state index in [0.717, 1.165) is 18.2 Å². The van der Waals surface area contributed by atoms with Crippen LogP contribution >= 0.6 is 11.3 Å². The fraction of sp³-hybridized carbons (Fsp3) is 0.0909. The molecule has 2 aromatic rings. The number of anilines is 2. The lowest BCUT2D eigenvalue weighted by Gasteiger charge is -2.06. The molecule has 0 fully saturated rings. The summed E-state index contributed by atoms with van der Waals surface area (Å²) in [6, 6.07) is 3.38. The highest BCUT2D eigenvalue weighted by Crippen LogP contribution is 2.27. The van der Waals surface area contributed by atoms with Crippen LogP contribution < -0.4 is 11.1 Å². The standard InChI is InChI=1S/C11H10N4O4S/c12-11-13-6(5-20-11)3-10(17)14-8-4-7(15(18)19)1-2-9(8)16/h1-2,4-5,16H,3H2,(H2,12,13)(H,14,17). The van der Waals surface area contributed by atoms with Gasteiger partial charge in [0.2, 0.25) is 5.91 Å². The Kier molecular flexibility index (Phi) is 3.80. The van der Waals surface area contributed by atoms with E-state index in [-0.39, 0.29) is 23.5 Å². The summed E-state index contributed by atoms with van der Waals surface area (Å²) in [6.07, 6.45) is -0.0319. The van der Waals surface area contributed by atoms with E-state index >= 15 is 0 Å². The van der Waals surface area contributed by atoms with Gasteiger partial charge in [0.25, 0.3) is 5.69 Å². The second-order valence-corrected chi connectivity index (χ2v) is 4.75. The minimum absolute atomic E-state index is 0.0209. The summed E-state index contributed by atoms with van der Waals surface area (Å²) in [5.74, 6) is -0.701. The number of phenols is 1. The minimum atomic E-state index is -0.615. The van der Waals surface area contributed by atoms with Gasteiger partial charge >= 0.3 is 0 Å². The summed E-state index contributed by atoms with van der Waals surface area (Å²) in [5.41, 5.74) is 5.69. The lowest BCUT2D eigenvalue weighted by atomic mass is 10.2. The van der Waals surface area contributed by atoms with Crippen molar-refractivity contribution in [2.45, 2.75) is 6.42 Å². The number of nitro benzene ring substituents is 1. The number of nitrogen functional groups attached to an aromatic ring is 1. The Hall–Kier alpha value is -2.68. The van der Waals surface area contributed by atoms with Gasteiger partial charge in [0.05, 0.1) is 22.7 Å². The van der Waals surface area contributed by atoms with Crippen molar-refractivity contribution in [2.24, 2.45) is 0 Å². The second kappa shape index (κ2) is 5.53. The van der Waals surface area contributed by atoms with Gasteiger partial charge in [-0.15, -0.1) is 11.3 Å². The number of nitrogens with two attached hydrogens (primary N) is 1. The predicted octanol–water partition coefficient (Wildman–Crippen LogP) is 1.52. The molecule has 0 bridgehead atoms. The highest BCUT2D eigenvalue weighted by molar-refractivity contribution is 7.13. The summed E-state index contributed by atoms with van der Waals surface area (Å²) in [5, 5.41) is 24.6. The Morgan fingerprint density at radius 3 is 2.90 bits per heavy atom. The van der Waals surface area contributed by atoms with Crippen molar-refractivity contribution in [2.75, 3.05) is 11.1 Å². The van der Waals surface area contributed by atoms with Crippen LogP contribution in [0.1, 0.15) is 5.69 Å². The van der Waals surface area contributed by atoms with Gasteiger partial charge in [-0.25, -0.2) is 4.98 Å². The first-order valence-electron chi connectivity index (χ1n) is 5.43. The van der Waals surface area contributed by atoms with Crippen molar-refractivity contribution in [3.63, 3.8) is 0 Å². The van der Waals surface area contributed by atoms with Gasteiger partial charge in [0, 0.05) is 17.5 Å². The molecular weight excluding hydrogens is 284 g/mol.